The van der Waals surface area contributed by atoms with Crippen molar-refractivity contribution in [3.05, 3.63) is 40.2 Å². The molecule has 1 aliphatic rings. The molecule has 0 aromatic carbocycles. The second-order valence-electron chi connectivity index (χ2n) is 6.56. The van der Waals surface area contributed by atoms with Crippen molar-refractivity contribution in [2.24, 2.45) is 4.99 Å². The van der Waals surface area contributed by atoms with Crippen molar-refractivity contribution in [3.8, 4) is 0 Å². The van der Waals surface area contributed by atoms with Crippen molar-refractivity contribution in [1.29, 1.82) is 0 Å². The third kappa shape index (κ3) is 6.85. The van der Waals surface area contributed by atoms with E-state index in [0.717, 1.165) is 48.4 Å². The van der Waals surface area contributed by atoms with Gasteiger partial charge in [-0.3, -0.25) is 9.89 Å². The van der Waals surface area contributed by atoms with Gasteiger partial charge in [0.05, 0.1) is 18.8 Å². The van der Waals surface area contributed by atoms with E-state index < -0.39 is 11.9 Å². The van der Waals surface area contributed by atoms with Crippen LogP contribution in [0.5, 0.6) is 0 Å². The van der Waals surface area contributed by atoms with Crippen molar-refractivity contribution >= 4 is 41.3 Å². The van der Waals surface area contributed by atoms with E-state index in [2.05, 4.69) is 25.5 Å². The summed E-state index contributed by atoms with van der Waals surface area (Å²) in [6, 6.07) is 3.91. The van der Waals surface area contributed by atoms with Crippen LogP contribution in [0.15, 0.2) is 33.2 Å². The monoisotopic (exact) mass is 543 g/mol. The summed E-state index contributed by atoms with van der Waals surface area (Å²) in [6.07, 6.45) is 0.816. The van der Waals surface area contributed by atoms with Crippen LogP contribution in [0.4, 0.5) is 13.2 Å². The van der Waals surface area contributed by atoms with Crippen LogP contribution >= 0.6 is 35.3 Å². The number of aromatic nitrogens is 1. The Labute approximate surface area is 189 Å². The zero-order chi connectivity index (χ0) is 20.0. The molecule has 0 aliphatic carbocycles. The van der Waals surface area contributed by atoms with Crippen molar-refractivity contribution in [1.82, 2.24) is 20.5 Å². The summed E-state index contributed by atoms with van der Waals surface area (Å²) in [5.74, 6) is 1.40. The molecule has 1 fully saturated rings. The van der Waals surface area contributed by atoms with Gasteiger partial charge < -0.3 is 15.1 Å². The van der Waals surface area contributed by atoms with Crippen molar-refractivity contribution in [2.45, 2.75) is 38.0 Å². The Balaban J connectivity index is 0.00000300. The van der Waals surface area contributed by atoms with Gasteiger partial charge in [-0.25, -0.2) is 4.98 Å². The molecule has 29 heavy (non-hydrogen) atoms. The Bertz CT molecular complexity index is 760. The molecule has 1 atom stereocenters. The first-order valence-corrected chi connectivity index (χ1v) is 10.1. The number of halogens is 4. The molecule has 1 aliphatic heterocycles. The Kier molecular flexibility index (Phi) is 9.21. The summed E-state index contributed by atoms with van der Waals surface area (Å²) in [7, 11) is 1.63. The Morgan fingerprint density at radius 1 is 1.31 bits per heavy atom. The second kappa shape index (κ2) is 11.2. The Morgan fingerprint density at radius 2 is 2.07 bits per heavy atom. The molecule has 0 bridgehead atoms. The smallest absolute Gasteiger partial charge is 0.434 e. The topological polar surface area (TPSA) is 65.7 Å². The maximum atomic E-state index is 12.7. The number of rotatable bonds is 6. The van der Waals surface area contributed by atoms with Gasteiger partial charge in [-0.2, -0.15) is 13.2 Å². The summed E-state index contributed by atoms with van der Waals surface area (Å²) < 4.78 is 43.6. The molecule has 0 amide bonds. The fourth-order valence-corrected chi connectivity index (χ4v) is 3.96. The number of likely N-dealkylation sites (tertiary alicyclic amines) is 1. The molecule has 162 valence electrons. The van der Waals surface area contributed by atoms with E-state index in [4.69, 9.17) is 4.42 Å². The van der Waals surface area contributed by atoms with Crippen LogP contribution in [0.3, 0.4) is 0 Å². The van der Waals surface area contributed by atoms with Crippen LogP contribution < -0.4 is 10.6 Å². The Morgan fingerprint density at radius 3 is 2.66 bits per heavy atom. The van der Waals surface area contributed by atoms with Crippen LogP contribution in [-0.4, -0.2) is 42.5 Å². The van der Waals surface area contributed by atoms with E-state index in [-0.39, 0.29) is 36.6 Å². The fraction of sp³-hybridized carbons (Fsp3) is 0.556. The highest BCUT2D eigenvalue weighted by Crippen LogP contribution is 2.30. The molecule has 0 saturated carbocycles. The molecule has 6 nitrogen and oxygen atoms in total. The van der Waals surface area contributed by atoms with Gasteiger partial charge in [-0.05, 0) is 38.1 Å². The van der Waals surface area contributed by atoms with Crippen LogP contribution in [0.1, 0.15) is 41.8 Å². The van der Waals surface area contributed by atoms with Gasteiger partial charge in [0, 0.05) is 19.0 Å². The predicted octanol–water partition coefficient (Wildman–Crippen LogP) is 4.27. The molecule has 2 aromatic heterocycles. The molecular weight excluding hydrogens is 518 g/mol. The first kappa shape index (κ1) is 23.9. The molecule has 0 spiro atoms. The van der Waals surface area contributed by atoms with Crippen LogP contribution in [-0.2, 0) is 12.7 Å². The number of guanidine groups is 1. The fourth-order valence-electron chi connectivity index (χ4n) is 3.22. The number of nitrogens with one attached hydrogen (secondary N) is 2. The number of nitrogens with zero attached hydrogens (tertiary/aromatic N) is 3. The van der Waals surface area contributed by atoms with E-state index in [0.29, 0.717) is 17.5 Å². The molecule has 2 aromatic rings. The number of hydrogen-bond donors (Lipinski definition) is 2. The normalized spacial score (nSPS) is 16.9. The van der Waals surface area contributed by atoms with E-state index in [1.165, 1.54) is 6.42 Å². The highest BCUT2D eigenvalue weighted by atomic mass is 127. The molecule has 3 rings (SSSR count). The van der Waals surface area contributed by atoms with Crippen LogP contribution in [0, 0.1) is 0 Å². The van der Waals surface area contributed by atoms with E-state index in [1.54, 1.807) is 13.3 Å². The summed E-state index contributed by atoms with van der Waals surface area (Å²) in [5, 5.41) is 7.66. The summed E-state index contributed by atoms with van der Waals surface area (Å²) >= 11 is 0.974. The number of hydrogen-bond acceptors (Lipinski definition) is 5. The Hall–Kier alpha value is -1.34. The maximum absolute atomic E-state index is 12.7. The quantitative estimate of drug-likeness (QED) is 0.324. The van der Waals surface area contributed by atoms with Gasteiger partial charge in [0.1, 0.15) is 10.8 Å². The minimum absolute atomic E-state index is 0. The lowest BCUT2D eigenvalue weighted by atomic mass is 10.1. The molecule has 11 heteroatoms. The number of aliphatic imine (C=N–C) groups is 1. The van der Waals surface area contributed by atoms with Gasteiger partial charge in [-0.1, -0.05) is 6.42 Å². The van der Waals surface area contributed by atoms with Crippen molar-refractivity contribution in [2.75, 3.05) is 26.7 Å². The van der Waals surface area contributed by atoms with E-state index in [9.17, 15) is 13.2 Å². The van der Waals surface area contributed by atoms with E-state index in [1.807, 2.05) is 12.1 Å². The molecular formula is C18H25F3IN5OS. The van der Waals surface area contributed by atoms with Gasteiger partial charge in [0.25, 0.3) is 0 Å². The molecule has 2 N–H and O–H groups in total. The summed E-state index contributed by atoms with van der Waals surface area (Å²) in [5.41, 5.74) is -0.861. The lowest BCUT2D eigenvalue weighted by Gasteiger charge is -2.33. The largest absolute Gasteiger partial charge is 0.468 e. The summed E-state index contributed by atoms with van der Waals surface area (Å²) in [6.45, 7) is 2.78. The standard InChI is InChI=1S/C18H24F3N5OS.HI/c1-22-17(24-11-16-25-15(12-28-16)18(19,20)21)23-10-13(14-6-5-9-27-14)26-7-3-2-4-8-26;/h5-6,9,12-13H,2-4,7-8,10-11H2,1H3,(H2,22,23,24);1H. The number of thiazole rings is 1. The van der Waals surface area contributed by atoms with E-state index >= 15 is 0 Å². The van der Waals surface area contributed by atoms with Gasteiger partial charge >= 0.3 is 6.18 Å². The highest BCUT2D eigenvalue weighted by molar-refractivity contribution is 14.0. The van der Waals surface area contributed by atoms with Crippen molar-refractivity contribution in [3.63, 3.8) is 0 Å². The first-order chi connectivity index (χ1) is 13.5. The minimum atomic E-state index is -4.42. The molecule has 1 saturated heterocycles. The van der Waals surface area contributed by atoms with Gasteiger partial charge in [0.2, 0.25) is 0 Å². The maximum Gasteiger partial charge on any atom is 0.434 e. The average molecular weight is 543 g/mol. The zero-order valence-electron chi connectivity index (χ0n) is 16.0. The third-order valence-corrected chi connectivity index (χ3v) is 5.49. The minimum Gasteiger partial charge on any atom is -0.468 e. The number of alkyl halides is 3. The highest BCUT2D eigenvalue weighted by Gasteiger charge is 2.33. The zero-order valence-corrected chi connectivity index (χ0v) is 19.2. The predicted molar refractivity (Wildman–Crippen MR) is 118 cm³/mol. The number of furan rings is 1. The average Bonchev–Trinajstić information content (AvgIpc) is 3.37. The molecule has 0 radical (unpaired) electrons. The molecule has 3 heterocycles. The van der Waals surface area contributed by atoms with Gasteiger partial charge in [-0.15, -0.1) is 35.3 Å². The SMILES string of the molecule is CN=C(NCc1nc(C(F)(F)F)cs1)NCC(c1ccco1)N1CCCCC1.I. The molecule has 1 unspecified atom stereocenters. The second-order valence-corrected chi connectivity index (χ2v) is 7.50. The van der Waals surface area contributed by atoms with Crippen molar-refractivity contribution < 1.29 is 17.6 Å². The third-order valence-electron chi connectivity index (χ3n) is 4.64. The lowest BCUT2D eigenvalue weighted by molar-refractivity contribution is -0.140. The van der Waals surface area contributed by atoms with Gasteiger partial charge in [0.15, 0.2) is 11.7 Å². The van der Waals surface area contributed by atoms with Crippen LogP contribution in [0.2, 0.25) is 0 Å². The lowest BCUT2D eigenvalue weighted by Crippen LogP contribution is -2.44. The summed E-state index contributed by atoms with van der Waals surface area (Å²) in [4.78, 5) is 10.2. The van der Waals surface area contributed by atoms with Crippen LogP contribution in [0.25, 0.3) is 0 Å². The number of piperidine rings is 1. The first-order valence-electron chi connectivity index (χ1n) is 9.21.